The third-order valence-corrected chi connectivity index (χ3v) is 5.22. The van der Waals surface area contributed by atoms with Crippen LogP contribution in [0, 0.1) is 11.3 Å². The highest BCUT2D eigenvalue weighted by Crippen LogP contribution is 2.31. The quantitative estimate of drug-likeness (QED) is 0.673. The maximum Gasteiger partial charge on any atom is 0.173 e. The molecule has 3 aromatic rings. The zero-order valence-corrected chi connectivity index (χ0v) is 14.5. The van der Waals surface area contributed by atoms with Gasteiger partial charge in [0.05, 0.1) is 17.0 Å². The van der Waals surface area contributed by atoms with Crippen LogP contribution in [0.2, 0.25) is 0 Å². The minimum atomic E-state index is 0.481. The Hall–Kier alpha value is -2.65. The molecule has 0 atom stereocenters. The van der Waals surface area contributed by atoms with Gasteiger partial charge in [-0.05, 0) is 37.8 Å². The third-order valence-electron chi connectivity index (χ3n) is 4.28. The summed E-state index contributed by atoms with van der Waals surface area (Å²) in [5.74, 6) is 1.35. The van der Waals surface area contributed by atoms with Gasteiger partial charge in [0.1, 0.15) is 11.9 Å². The number of rotatable bonds is 4. The summed E-state index contributed by atoms with van der Waals surface area (Å²) in [4.78, 5) is 13.4. The highest BCUT2D eigenvalue weighted by Gasteiger charge is 2.21. The summed E-state index contributed by atoms with van der Waals surface area (Å²) in [6.07, 6.45) is 7.69. The van der Waals surface area contributed by atoms with Gasteiger partial charge in [-0.25, -0.2) is 15.0 Å². The molecule has 0 saturated heterocycles. The Morgan fingerprint density at radius 2 is 1.84 bits per heavy atom. The van der Waals surface area contributed by atoms with Crippen molar-refractivity contribution in [3.8, 4) is 11.8 Å². The first kappa shape index (κ1) is 15.9. The summed E-state index contributed by atoms with van der Waals surface area (Å²) in [7, 11) is 0. The van der Waals surface area contributed by atoms with Crippen molar-refractivity contribution in [3.05, 3.63) is 65.5 Å². The second kappa shape index (κ2) is 7.08. The molecule has 0 fully saturated rings. The van der Waals surface area contributed by atoms with E-state index in [4.69, 9.17) is 10.2 Å². The third kappa shape index (κ3) is 3.28. The topological polar surface area (TPSA) is 67.4 Å². The molecule has 1 aromatic carbocycles. The van der Waals surface area contributed by atoms with Gasteiger partial charge in [-0.2, -0.15) is 5.26 Å². The number of hydrogen-bond acceptors (Lipinski definition) is 5. The second-order valence-electron chi connectivity index (χ2n) is 5.95. The minimum Gasteiger partial charge on any atom is -0.292 e. The van der Waals surface area contributed by atoms with Crippen LogP contribution in [0.1, 0.15) is 35.6 Å². The molecule has 2 aromatic heterocycles. The lowest BCUT2D eigenvalue weighted by Crippen LogP contribution is -2.07. The van der Waals surface area contributed by atoms with Crippen LogP contribution in [-0.4, -0.2) is 19.5 Å². The Bertz CT molecular complexity index is 909. The van der Waals surface area contributed by atoms with Gasteiger partial charge in [-0.3, -0.25) is 4.57 Å². The fourth-order valence-corrected chi connectivity index (χ4v) is 4.00. The number of imidazole rings is 1. The van der Waals surface area contributed by atoms with Crippen LogP contribution >= 0.6 is 11.8 Å². The predicted octanol–water partition coefficient (Wildman–Crippen LogP) is 3.71. The minimum absolute atomic E-state index is 0.481. The van der Waals surface area contributed by atoms with Crippen LogP contribution in [0.5, 0.6) is 0 Å². The first-order valence-electron chi connectivity index (χ1n) is 8.35. The standard InChI is InChI=1S/C19H17N5S/c20-10-14-11-21-18(22-12-14)13-25-19-23-16-8-4-5-9-17(16)24(19)15-6-2-1-3-7-15/h1-3,6-7,11-12H,4-5,8-9,13H2. The van der Waals surface area contributed by atoms with E-state index >= 15 is 0 Å². The Balaban J connectivity index is 1.64. The first-order chi connectivity index (χ1) is 12.3. The number of aryl methyl sites for hydroxylation is 1. The van der Waals surface area contributed by atoms with Gasteiger partial charge in [0.2, 0.25) is 0 Å². The van der Waals surface area contributed by atoms with Crippen molar-refractivity contribution in [3.63, 3.8) is 0 Å². The van der Waals surface area contributed by atoms with Crippen molar-refractivity contribution in [1.82, 2.24) is 19.5 Å². The Labute approximate surface area is 150 Å². The van der Waals surface area contributed by atoms with E-state index in [0.29, 0.717) is 17.1 Å². The first-order valence-corrected chi connectivity index (χ1v) is 9.33. The molecule has 0 saturated carbocycles. The van der Waals surface area contributed by atoms with Crippen molar-refractivity contribution in [2.75, 3.05) is 0 Å². The summed E-state index contributed by atoms with van der Waals surface area (Å²) in [6.45, 7) is 0. The molecule has 0 spiro atoms. The van der Waals surface area contributed by atoms with Crippen molar-refractivity contribution in [2.45, 2.75) is 36.6 Å². The second-order valence-corrected chi connectivity index (χ2v) is 6.90. The lowest BCUT2D eigenvalue weighted by molar-refractivity contribution is 0.654. The Morgan fingerprint density at radius 1 is 1.08 bits per heavy atom. The van der Waals surface area contributed by atoms with E-state index in [1.54, 1.807) is 24.2 Å². The normalized spacial score (nSPS) is 13.2. The number of para-hydroxylation sites is 1. The highest BCUT2D eigenvalue weighted by molar-refractivity contribution is 7.98. The van der Waals surface area contributed by atoms with Crippen LogP contribution in [-0.2, 0) is 18.6 Å². The zero-order chi connectivity index (χ0) is 17.1. The highest BCUT2D eigenvalue weighted by atomic mass is 32.2. The van der Waals surface area contributed by atoms with Gasteiger partial charge < -0.3 is 0 Å². The molecule has 0 radical (unpaired) electrons. The average molecular weight is 347 g/mol. The lowest BCUT2D eigenvalue weighted by Gasteiger charge is -2.15. The molecule has 4 rings (SSSR count). The number of fused-ring (bicyclic) bond motifs is 1. The number of benzene rings is 1. The Kier molecular flexibility index (Phi) is 4.49. The molecule has 5 nitrogen and oxygen atoms in total. The van der Waals surface area contributed by atoms with Crippen LogP contribution in [0.15, 0.2) is 47.9 Å². The fourth-order valence-electron chi connectivity index (χ4n) is 3.07. The van der Waals surface area contributed by atoms with Crippen LogP contribution in [0.25, 0.3) is 5.69 Å². The molecule has 0 aliphatic heterocycles. The molecule has 0 bridgehead atoms. The molecular formula is C19H17N5S. The Morgan fingerprint density at radius 3 is 2.60 bits per heavy atom. The summed E-state index contributed by atoms with van der Waals surface area (Å²) in [5, 5.41) is 9.84. The van der Waals surface area contributed by atoms with Crippen LogP contribution < -0.4 is 0 Å². The number of thioether (sulfide) groups is 1. The van der Waals surface area contributed by atoms with Gasteiger partial charge in [0.15, 0.2) is 5.16 Å². The number of nitriles is 1. The fraction of sp³-hybridized carbons (Fsp3) is 0.263. The van der Waals surface area contributed by atoms with Crippen LogP contribution in [0.4, 0.5) is 0 Å². The average Bonchev–Trinajstić information content (AvgIpc) is 3.06. The summed E-state index contributed by atoms with van der Waals surface area (Å²) in [5.41, 5.74) is 4.19. The number of nitrogens with zero attached hydrogens (tertiary/aromatic N) is 5. The number of hydrogen-bond donors (Lipinski definition) is 0. The monoisotopic (exact) mass is 347 g/mol. The van der Waals surface area contributed by atoms with Gasteiger partial charge in [-0.15, -0.1) is 0 Å². The van der Waals surface area contributed by atoms with Crippen molar-refractivity contribution >= 4 is 11.8 Å². The zero-order valence-electron chi connectivity index (χ0n) is 13.7. The van der Waals surface area contributed by atoms with Crippen molar-refractivity contribution < 1.29 is 0 Å². The van der Waals surface area contributed by atoms with E-state index in [9.17, 15) is 0 Å². The van der Waals surface area contributed by atoms with E-state index in [2.05, 4.69) is 38.8 Å². The summed E-state index contributed by atoms with van der Waals surface area (Å²) in [6, 6.07) is 12.4. The van der Waals surface area contributed by atoms with Crippen molar-refractivity contribution in [2.24, 2.45) is 0 Å². The van der Waals surface area contributed by atoms with E-state index in [0.717, 1.165) is 23.7 Å². The SMILES string of the molecule is N#Cc1cnc(CSc2nc3c(n2-c2ccccc2)CCCC3)nc1. The maximum atomic E-state index is 8.84. The molecular weight excluding hydrogens is 330 g/mol. The maximum absolute atomic E-state index is 8.84. The van der Waals surface area contributed by atoms with Gasteiger partial charge >= 0.3 is 0 Å². The van der Waals surface area contributed by atoms with Gasteiger partial charge in [0, 0.05) is 23.8 Å². The smallest absolute Gasteiger partial charge is 0.173 e. The van der Waals surface area contributed by atoms with Crippen molar-refractivity contribution in [1.29, 1.82) is 5.26 Å². The molecule has 0 unspecified atom stereocenters. The molecule has 25 heavy (non-hydrogen) atoms. The van der Waals surface area contributed by atoms with E-state index in [1.165, 1.54) is 24.2 Å². The molecule has 1 aliphatic rings. The van der Waals surface area contributed by atoms with Gasteiger partial charge in [0.25, 0.3) is 0 Å². The molecule has 2 heterocycles. The molecule has 124 valence electrons. The molecule has 6 heteroatoms. The van der Waals surface area contributed by atoms with Gasteiger partial charge in [-0.1, -0.05) is 30.0 Å². The molecule has 0 amide bonds. The molecule has 1 aliphatic carbocycles. The van der Waals surface area contributed by atoms with Crippen LogP contribution in [0.3, 0.4) is 0 Å². The van der Waals surface area contributed by atoms with E-state index in [-0.39, 0.29) is 0 Å². The van der Waals surface area contributed by atoms with E-state index < -0.39 is 0 Å². The molecule has 0 N–H and O–H groups in total. The predicted molar refractivity (Wildman–Crippen MR) is 96.5 cm³/mol. The number of aromatic nitrogens is 4. The van der Waals surface area contributed by atoms with E-state index in [1.807, 2.05) is 12.1 Å². The summed E-state index contributed by atoms with van der Waals surface area (Å²) < 4.78 is 2.28. The lowest BCUT2D eigenvalue weighted by atomic mass is 10.0. The summed E-state index contributed by atoms with van der Waals surface area (Å²) >= 11 is 1.65. The largest absolute Gasteiger partial charge is 0.292 e.